The lowest BCUT2D eigenvalue weighted by Crippen LogP contribution is -2.14. The van der Waals surface area contributed by atoms with Crippen LogP contribution in [0.3, 0.4) is 0 Å². The van der Waals surface area contributed by atoms with Crippen molar-refractivity contribution < 1.29 is 0 Å². The van der Waals surface area contributed by atoms with Crippen LogP contribution >= 0.6 is 0 Å². The molecule has 0 fully saturated rings. The molecule has 1 aromatic rings. The zero-order valence-corrected chi connectivity index (χ0v) is 9.57. The normalized spacial score (nSPS) is 20.3. The fourth-order valence-corrected chi connectivity index (χ4v) is 1.63. The lowest BCUT2D eigenvalue weighted by molar-refractivity contribution is 0.832. The van der Waals surface area contributed by atoms with E-state index in [9.17, 15) is 0 Å². The summed E-state index contributed by atoms with van der Waals surface area (Å²) in [6, 6.07) is 8.59. The number of nitrogens with zero attached hydrogens (tertiary/aromatic N) is 1. The van der Waals surface area contributed by atoms with Crippen LogP contribution in [0.15, 0.2) is 48.3 Å². The highest BCUT2D eigenvalue weighted by Gasteiger charge is 2.09. The Morgan fingerprint density at radius 1 is 1.07 bits per heavy atom. The first-order valence-corrected chi connectivity index (χ1v) is 5.38. The molecule has 0 radical (unpaired) electrons. The summed E-state index contributed by atoms with van der Waals surface area (Å²) in [6.07, 6.45) is 6.58. The number of hydrogen-bond acceptors (Lipinski definition) is 1. The molecule has 2 rings (SSSR count). The third-order valence-electron chi connectivity index (χ3n) is 2.93. The highest BCUT2D eigenvalue weighted by molar-refractivity contribution is 5.54. The van der Waals surface area contributed by atoms with E-state index in [0.717, 1.165) is 0 Å². The Morgan fingerprint density at radius 3 is 2.33 bits per heavy atom. The van der Waals surface area contributed by atoms with Crippen molar-refractivity contribution in [2.75, 3.05) is 4.90 Å². The second-order valence-electron chi connectivity index (χ2n) is 4.25. The second kappa shape index (κ2) is 3.93. The Kier molecular flexibility index (Phi) is 2.63. The van der Waals surface area contributed by atoms with Gasteiger partial charge in [-0.3, -0.25) is 0 Å². The largest absolute Gasteiger partial charge is 0.324 e. The average Bonchev–Trinajstić information content (AvgIpc) is 2.23. The van der Waals surface area contributed by atoms with E-state index in [1.165, 1.54) is 16.8 Å². The van der Waals surface area contributed by atoms with Crippen LogP contribution < -0.4 is 4.90 Å². The number of benzene rings is 1. The van der Waals surface area contributed by atoms with E-state index in [-0.39, 0.29) is 0 Å². The Bertz CT molecular complexity index is 398. The maximum absolute atomic E-state index is 2.23. The van der Waals surface area contributed by atoms with Crippen LogP contribution in [0.4, 0.5) is 5.69 Å². The average molecular weight is 199 g/mol. The van der Waals surface area contributed by atoms with Gasteiger partial charge in [0.05, 0.1) is 0 Å². The highest BCUT2D eigenvalue weighted by Crippen LogP contribution is 2.23. The van der Waals surface area contributed by atoms with Crippen LogP contribution in [0.5, 0.6) is 0 Å². The molecule has 1 heterocycles. The van der Waals surface area contributed by atoms with Crippen molar-refractivity contribution in [1.82, 2.24) is 0 Å². The van der Waals surface area contributed by atoms with Crippen LogP contribution in [0.2, 0.25) is 0 Å². The van der Waals surface area contributed by atoms with Crippen LogP contribution in [0.25, 0.3) is 0 Å². The van der Waals surface area contributed by atoms with E-state index in [0.29, 0.717) is 5.92 Å². The summed E-state index contributed by atoms with van der Waals surface area (Å²) in [6.45, 7) is 6.50. The molecule has 1 aliphatic heterocycles. The van der Waals surface area contributed by atoms with Crippen LogP contribution in [0.1, 0.15) is 19.4 Å². The Hall–Kier alpha value is -1.50. The van der Waals surface area contributed by atoms with Crippen LogP contribution in [-0.4, -0.2) is 0 Å². The molecule has 0 aliphatic carbocycles. The molecule has 1 aliphatic rings. The predicted octanol–water partition coefficient (Wildman–Crippen LogP) is 3.87. The second-order valence-corrected chi connectivity index (χ2v) is 4.25. The van der Waals surface area contributed by atoms with Gasteiger partial charge < -0.3 is 4.90 Å². The standard InChI is InChI=1S/C14H17N/c1-11-4-6-14(7-5-11)15-9-8-12(2)13(3)10-15/h4-10,12H,1-3H3. The van der Waals surface area contributed by atoms with Crippen molar-refractivity contribution in [3.05, 3.63) is 53.9 Å². The van der Waals surface area contributed by atoms with E-state index in [1.54, 1.807) is 0 Å². The third kappa shape index (κ3) is 2.12. The van der Waals surface area contributed by atoms with E-state index in [4.69, 9.17) is 0 Å². The van der Waals surface area contributed by atoms with Gasteiger partial charge in [0.25, 0.3) is 0 Å². The van der Waals surface area contributed by atoms with E-state index >= 15 is 0 Å². The van der Waals surface area contributed by atoms with Gasteiger partial charge in [-0.2, -0.15) is 0 Å². The van der Waals surface area contributed by atoms with E-state index in [2.05, 4.69) is 68.4 Å². The first kappa shape index (κ1) is 10.0. The minimum Gasteiger partial charge on any atom is -0.324 e. The van der Waals surface area contributed by atoms with Gasteiger partial charge in [0.15, 0.2) is 0 Å². The van der Waals surface area contributed by atoms with Crippen molar-refractivity contribution in [3.8, 4) is 0 Å². The summed E-state index contributed by atoms with van der Waals surface area (Å²) in [7, 11) is 0. The van der Waals surface area contributed by atoms with Gasteiger partial charge in [-0.1, -0.05) is 36.3 Å². The van der Waals surface area contributed by atoms with Crippen molar-refractivity contribution in [1.29, 1.82) is 0 Å². The van der Waals surface area contributed by atoms with Crippen molar-refractivity contribution >= 4 is 5.69 Å². The maximum atomic E-state index is 2.23. The molecule has 0 saturated carbocycles. The molecule has 1 heteroatoms. The summed E-state index contributed by atoms with van der Waals surface area (Å²) in [5.74, 6) is 0.562. The molecule has 0 amide bonds. The smallest absolute Gasteiger partial charge is 0.0449 e. The van der Waals surface area contributed by atoms with Gasteiger partial charge in [0.1, 0.15) is 0 Å². The van der Waals surface area contributed by atoms with Crippen molar-refractivity contribution in [2.45, 2.75) is 20.8 Å². The first-order valence-electron chi connectivity index (χ1n) is 5.38. The number of aryl methyl sites for hydroxylation is 1. The minimum absolute atomic E-state index is 0.562. The maximum Gasteiger partial charge on any atom is 0.0449 e. The molecule has 0 spiro atoms. The molecular formula is C14H17N. The summed E-state index contributed by atoms with van der Waals surface area (Å²) < 4.78 is 0. The lowest BCUT2D eigenvalue weighted by atomic mass is 10.0. The molecule has 1 aromatic carbocycles. The van der Waals surface area contributed by atoms with Gasteiger partial charge in [0.2, 0.25) is 0 Å². The van der Waals surface area contributed by atoms with E-state index < -0.39 is 0 Å². The number of hydrogen-bond donors (Lipinski definition) is 0. The fraction of sp³-hybridized carbons (Fsp3) is 0.286. The monoisotopic (exact) mass is 199 g/mol. The molecular weight excluding hydrogens is 182 g/mol. The number of anilines is 1. The Morgan fingerprint density at radius 2 is 1.73 bits per heavy atom. The van der Waals surface area contributed by atoms with Crippen molar-refractivity contribution in [3.63, 3.8) is 0 Å². The molecule has 78 valence electrons. The van der Waals surface area contributed by atoms with Crippen LogP contribution in [0, 0.1) is 12.8 Å². The minimum atomic E-state index is 0.562. The van der Waals surface area contributed by atoms with Gasteiger partial charge in [-0.25, -0.2) is 0 Å². The predicted molar refractivity (Wildman–Crippen MR) is 65.7 cm³/mol. The molecule has 0 saturated heterocycles. The first-order chi connectivity index (χ1) is 7.16. The van der Waals surface area contributed by atoms with Crippen molar-refractivity contribution in [2.24, 2.45) is 5.92 Å². The zero-order chi connectivity index (χ0) is 10.8. The zero-order valence-electron chi connectivity index (χ0n) is 9.57. The van der Waals surface area contributed by atoms with Gasteiger partial charge in [-0.05, 0) is 31.9 Å². The Labute approximate surface area is 91.7 Å². The topological polar surface area (TPSA) is 3.24 Å². The summed E-state index contributed by atoms with van der Waals surface area (Å²) >= 11 is 0. The van der Waals surface area contributed by atoms with Gasteiger partial charge in [0, 0.05) is 18.1 Å². The molecule has 15 heavy (non-hydrogen) atoms. The molecule has 1 unspecified atom stereocenters. The molecule has 1 atom stereocenters. The molecule has 0 N–H and O–H groups in total. The Balaban J connectivity index is 2.26. The summed E-state index contributed by atoms with van der Waals surface area (Å²) in [5, 5.41) is 0. The number of allylic oxidation sites excluding steroid dienone is 2. The summed E-state index contributed by atoms with van der Waals surface area (Å²) in [5.41, 5.74) is 3.93. The molecule has 0 bridgehead atoms. The quantitative estimate of drug-likeness (QED) is 0.663. The third-order valence-corrected chi connectivity index (χ3v) is 2.93. The highest BCUT2D eigenvalue weighted by atomic mass is 15.1. The molecule has 1 nitrogen and oxygen atoms in total. The molecule has 0 aromatic heterocycles. The SMILES string of the molecule is CC1=CN(c2ccc(C)cc2)C=CC1C. The lowest BCUT2D eigenvalue weighted by Gasteiger charge is -2.23. The number of rotatable bonds is 1. The van der Waals surface area contributed by atoms with Gasteiger partial charge in [-0.15, -0.1) is 0 Å². The van der Waals surface area contributed by atoms with Gasteiger partial charge >= 0.3 is 0 Å². The summed E-state index contributed by atoms with van der Waals surface area (Å²) in [4.78, 5) is 2.18. The fourth-order valence-electron chi connectivity index (χ4n) is 1.63. The van der Waals surface area contributed by atoms with Crippen LogP contribution in [-0.2, 0) is 0 Å². The van der Waals surface area contributed by atoms with E-state index in [1.807, 2.05) is 0 Å².